The molecule has 2 aliphatic rings. The molecule has 5 rings (SSSR count). The number of hydrogen-bond donors (Lipinski definition) is 0. The van der Waals surface area contributed by atoms with Gasteiger partial charge in [-0.1, -0.05) is 54.6 Å². The van der Waals surface area contributed by atoms with Crippen LogP contribution < -0.4 is 4.74 Å². The first kappa shape index (κ1) is 13.8. The van der Waals surface area contributed by atoms with Crippen LogP contribution in [0.5, 0.6) is 5.75 Å². The van der Waals surface area contributed by atoms with E-state index in [1.54, 1.807) is 11.3 Å². The lowest BCUT2D eigenvalue weighted by molar-refractivity contribution is -0.0165. The van der Waals surface area contributed by atoms with E-state index in [2.05, 4.69) is 65.0 Å². The molecule has 0 N–H and O–H groups in total. The predicted molar refractivity (Wildman–Crippen MR) is 96.3 cm³/mol. The van der Waals surface area contributed by atoms with Gasteiger partial charge in [0.25, 0.3) is 0 Å². The Morgan fingerprint density at radius 3 is 2.62 bits per heavy atom. The second-order valence-electron chi connectivity index (χ2n) is 6.04. The fourth-order valence-corrected chi connectivity index (χ4v) is 4.20. The molecule has 0 bridgehead atoms. The summed E-state index contributed by atoms with van der Waals surface area (Å²) in [6.07, 6.45) is 0.762. The quantitative estimate of drug-likeness (QED) is 0.660. The highest BCUT2D eigenvalue weighted by Gasteiger charge is 2.41. The van der Waals surface area contributed by atoms with Crippen molar-refractivity contribution in [2.24, 2.45) is 5.10 Å². The van der Waals surface area contributed by atoms with Crippen molar-refractivity contribution in [2.75, 3.05) is 0 Å². The molecule has 0 spiro atoms. The molecule has 24 heavy (non-hydrogen) atoms. The third-order valence-corrected chi connectivity index (χ3v) is 5.50. The molecule has 0 saturated heterocycles. The summed E-state index contributed by atoms with van der Waals surface area (Å²) in [6.45, 7) is 0. The number of fused-ring (bicyclic) bond motifs is 3. The van der Waals surface area contributed by atoms with Crippen molar-refractivity contribution in [1.29, 1.82) is 0 Å². The molecule has 2 aliphatic heterocycles. The van der Waals surface area contributed by atoms with E-state index in [0.717, 1.165) is 17.9 Å². The van der Waals surface area contributed by atoms with Gasteiger partial charge in [-0.15, -0.1) is 11.3 Å². The standard InChI is InChI=1S/C20H16N2OS/c1-2-7-14(8-3-1)16-13-17-15-9-4-5-10-18(15)23-20(22(17)21-16)19-11-6-12-24-19/h1-12,17,20H,13H2/t17-,20-/m1/s1. The van der Waals surface area contributed by atoms with Gasteiger partial charge >= 0.3 is 0 Å². The van der Waals surface area contributed by atoms with Gasteiger partial charge in [-0.05, 0) is 23.1 Å². The van der Waals surface area contributed by atoms with Gasteiger partial charge in [-0.25, -0.2) is 5.01 Å². The number of thiophene rings is 1. The van der Waals surface area contributed by atoms with Gasteiger partial charge in [0.05, 0.1) is 16.6 Å². The second kappa shape index (κ2) is 5.49. The van der Waals surface area contributed by atoms with Crippen LogP contribution in [0, 0.1) is 0 Å². The maximum absolute atomic E-state index is 6.30. The number of nitrogens with zero attached hydrogens (tertiary/aromatic N) is 2. The van der Waals surface area contributed by atoms with Crippen LogP contribution in [-0.4, -0.2) is 10.7 Å². The number of para-hydroxylation sites is 1. The van der Waals surface area contributed by atoms with Gasteiger partial charge in [0, 0.05) is 12.0 Å². The summed E-state index contributed by atoms with van der Waals surface area (Å²) < 4.78 is 6.30. The van der Waals surface area contributed by atoms with Crippen molar-refractivity contribution < 1.29 is 4.74 Å². The average molecular weight is 332 g/mol. The molecule has 0 fully saturated rings. The molecule has 4 heteroatoms. The molecule has 3 heterocycles. The molecule has 0 aliphatic carbocycles. The number of rotatable bonds is 2. The summed E-state index contributed by atoms with van der Waals surface area (Å²) in [4.78, 5) is 1.19. The van der Waals surface area contributed by atoms with Crippen LogP contribution in [0.25, 0.3) is 0 Å². The molecule has 2 atom stereocenters. The summed E-state index contributed by atoms with van der Waals surface area (Å²) in [6, 6.07) is 23.2. The Hall–Kier alpha value is -2.59. The lowest BCUT2D eigenvalue weighted by atomic mass is 9.96. The normalized spacial score (nSPS) is 21.7. The van der Waals surface area contributed by atoms with E-state index in [1.807, 2.05) is 12.1 Å². The van der Waals surface area contributed by atoms with Crippen LogP contribution in [0.4, 0.5) is 0 Å². The van der Waals surface area contributed by atoms with Crippen LogP contribution in [0.2, 0.25) is 0 Å². The summed E-state index contributed by atoms with van der Waals surface area (Å²) >= 11 is 1.71. The Bertz CT molecular complexity index is 889. The van der Waals surface area contributed by atoms with Crippen LogP contribution in [0.3, 0.4) is 0 Å². The smallest absolute Gasteiger partial charge is 0.222 e. The van der Waals surface area contributed by atoms with E-state index in [1.165, 1.54) is 16.0 Å². The monoisotopic (exact) mass is 332 g/mol. The molecule has 0 radical (unpaired) electrons. The Morgan fingerprint density at radius 1 is 0.958 bits per heavy atom. The van der Waals surface area contributed by atoms with Crippen molar-refractivity contribution in [3.05, 3.63) is 88.1 Å². The molecule has 2 aromatic carbocycles. The first-order valence-corrected chi connectivity index (χ1v) is 8.98. The van der Waals surface area contributed by atoms with Crippen molar-refractivity contribution in [2.45, 2.75) is 18.7 Å². The number of benzene rings is 2. The highest BCUT2D eigenvalue weighted by atomic mass is 32.1. The van der Waals surface area contributed by atoms with Gasteiger partial charge in [0.1, 0.15) is 5.75 Å². The Labute approximate surface area is 144 Å². The molecule has 118 valence electrons. The van der Waals surface area contributed by atoms with E-state index in [4.69, 9.17) is 9.84 Å². The molecule has 3 nitrogen and oxygen atoms in total. The fourth-order valence-electron chi connectivity index (χ4n) is 3.46. The minimum absolute atomic E-state index is 0.147. The minimum atomic E-state index is -0.147. The molecular formula is C20H16N2OS. The lowest BCUT2D eigenvalue weighted by Gasteiger charge is -2.37. The zero-order valence-corrected chi connectivity index (χ0v) is 13.8. The Morgan fingerprint density at radius 2 is 1.79 bits per heavy atom. The SMILES string of the molecule is c1ccc(C2=NN3[C@H](C2)c2ccccc2O[C@@H]3c2cccs2)cc1. The first-order valence-electron chi connectivity index (χ1n) is 8.10. The molecule has 0 saturated carbocycles. The van der Waals surface area contributed by atoms with E-state index >= 15 is 0 Å². The highest BCUT2D eigenvalue weighted by Crippen LogP contribution is 2.47. The predicted octanol–water partition coefficient (Wildman–Crippen LogP) is 4.99. The largest absolute Gasteiger partial charge is 0.464 e. The molecule has 0 amide bonds. The highest BCUT2D eigenvalue weighted by molar-refractivity contribution is 7.10. The number of ether oxygens (including phenoxy) is 1. The Balaban J connectivity index is 1.61. The summed E-state index contributed by atoms with van der Waals surface area (Å²) in [7, 11) is 0. The average Bonchev–Trinajstić information content (AvgIpc) is 3.32. The van der Waals surface area contributed by atoms with E-state index in [-0.39, 0.29) is 12.3 Å². The third-order valence-electron chi connectivity index (χ3n) is 4.59. The van der Waals surface area contributed by atoms with Gasteiger partial charge in [-0.2, -0.15) is 5.10 Å². The molecular weight excluding hydrogens is 316 g/mol. The maximum Gasteiger partial charge on any atom is 0.222 e. The van der Waals surface area contributed by atoms with Gasteiger partial charge in [0.15, 0.2) is 0 Å². The second-order valence-corrected chi connectivity index (χ2v) is 7.02. The summed E-state index contributed by atoms with van der Waals surface area (Å²) in [5.74, 6) is 0.974. The van der Waals surface area contributed by atoms with Crippen molar-refractivity contribution >= 4 is 17.0 Å². The van der Waals surface area contributed by atoms with Crippen molar-refractivity contribution in [3.8, 4) is 5.75 Å². The zero-order valence-electron chi connectivity index (χ0n) is 13.0. The number of hydrazone groups is 1. The van der Waals surface area contributed by atoms with Gasteiger partial charge < -0.3 is 4.74 Å². The number of hydrogen-bond acceptors (Lipinski definition) is 4. The van der Waals surface area contributed by atoms with Gasteiger partial charge in [0.2, 0.25) is 6.23 Å². The summed E-state index contributed by atoms with van der Waals surface area (Å²) in [5.41, 5.74) is 3.54. The van der Waals surface area contributed by atoms with Crippen molar-refractivity contribution in [3.63, 3.8) is 0 Å². The van der Waals surface area contributed by atoms with Crippen LogP contribution in [0.15, 0.2) is 77.2 Å². The van der Waals surface area contributed by atoms with E-state index in [9.17, 15) is 0 Å². The van der Waals surface area contributed by atoms with Crippen LogP contribution in [0.1, 0.15) is 34.7 Å². The maximum atomic E-state index is 6.30. The fraction of sp³-hybridized carbons (Fsp3) is 0.150. The molecule has 3 aromatic rings. The topological polar surface area (TPSA) is 24.8 Å². The molecule has 0 unspecified atom stereocenters. The molecule has 1 aromatic heterocycles. The van der Waals surface area contributed by atoms with E-state index < -0.39 is 0 Å². The van der Waals surface area contributed by atoms with E-state index in [0.29, 0.717) is 0 Å². The van der Waals surface area contributed by atoms with Crippen molar-refractivity contribution in [1.82, 2.24) is 5.01 Å². The van der Waals surface area contributed by atoms with Crippen LogP contribution in [-0.2, 0) is 0 Å². The summed E-state index contributed by atoms with van der Waals surface area (Å²) in [5, 5.41) is 9.17. The third kappa shape index (κ3) is 2.14. The Kier molecular flexibility index (Phi) is 3.16. The minimum Gasteiger partial charge on any atom is -0.464 e. The van der Waals surface area contributed by atoms with Gasteiger partial charge in [-0.3, -0.25) is 0 Å². The zero-order chi connectivity index (χ0) is 15.9. The van der Waals surface area contributed by atoms with Crippen LogP contribution >= 0.6 is 11.3 Å². The lowest BCUT2D eigenvalue weighted by Crippen LogP contribution is -2.33. The first-order chi connectivity index (χ1) is 11.9.